The van der Waals surface area contributed by atoms with Crippen molar-refractivity contribution in [2.75, 3.05) is 19.6 Å². The molecule has 1 aromatic carbocycles. The van der Waals surface area contributed by atoms with E-state index in [0.29, 0.717) is 31.1 Å². The summed E-state index contributed by atoms with van der Waals surface area (Å²) in [5.41, 5.74) is 10.7. The third-order valence-electron chi connectivity index (χ3n) is 5.39. The molecule has 1 aliphatic heterocycles. The Morgan fingerprint density at radius 3 is 2.67 bits per heavy atom. The molecule has 138 valence electrons. The van der Waals surface area contributed by atoms with E-state index in [-0.39, 0.29) is 11.8 Å². The second kappa shape index (κ2) is 7.62. The van der Waals surface area contributed by atoms with Crippen LogP contribution < -0.4 is 5.73 Å². The third kappa shape index (κ3) is 3.53. The number of hydrogen-bond donors (Lipinski definition) is 1. The first-order chi connectivity index (χ1) is 13.2. The molecule has 1 saturated heterocycles. The summed E-state index contributed by atoms with van der Waals surface area (Å²) in [6.45, 7) is 3.89. The van der Waals surface area contributed by atoms with Crippen LogP contribution in [0.2, 0.25) is 0 Å². The molecule has 2 N–H and O–H groups in total. The molecule has 5 heteroatoms. The molecule has 4 nitrogen and oxygen atoms in total. The quantitative estimate of drug-likeness (QED) is 0.749. The van der Waals surface area contributed by atoms with E-state index in [4.69, 9.17) is 5.73 Å². The summed E-state index contributed by atoms with van der Waals surface area (Å²) in [4.78, 5) is 19.7. The van der Waals surface area contributed by atoms with Crippen LogP contribution in [0.1, 0.15) is 27.5 Å². The zero-order chi connectivity index (χ0) is 18.8. The predicted molar refractivity (Wildman–Crippen MR) is 110 cm³/mol. The van der Waals surface area contributed by atoms with Gasteiger partial charge in [0.15, 0.2) is 0 Å². The van der Waals surface area contributed by atoms with Gasteiger partial charge in [0, 0.05) is 30.0 Å². The van der Waals surface area contributed by atoms with Crippen LogP contribution in [-0.4, -0.2) is 35.4 Å². The highest BCUT2D eigenvalue weighted by molar-refractivity contribution is 7.08. The maximum absolute atomic E-state index is 13.2. The SMILES string of the molecule is Cc1nc(-c2ccsc2)ccc1C(=O)N1C[C@@H](CN)[C@H](c2ccccc2)C1. The molecule has 4 rings (SSSR count). The first kappa shape index (κ1) is 17.9. The molecule has 2 atom stereocenters. The second-order valence-corrected chi connectivity index (χ2v) is 7.84. The van der Waals surface area contributed by atoms with Crippen LogP contribution in [0, 0.1) is 12.8 Å². The van der Waals surface area contributed by atoms with Gasteiger partial charge in [0.25, 0.3) is 5.91 Å². The predicted octanol–water partition coefficient (Wildman–Crippen LogP) is 3.93. The molecule has 1 fully saturated rings. The number of thiophene rings is 1. The molecule has 0 radical (unpaired) electrons. The average Bonchev–Trinajstić information content (AvgIpc) is 3.38. The minimum Gasteiger partial charge on any atom is -0.338 e. The van der Waals surface area contributed by atoms with Gasteiger partial charge in [0.2, 0.25) is 0 Å². The van der Waals surface area contributed by atoms with Crippen molar-refractivity contribution in [1.82, 2.24) is 9.88 Å². The monoisotopic (exact) mass is 377 g/mol. The van der Waals surface area contributed by atoms with Gasteiger partial charge in [-0.25, -0.2) is 0 Å². The first-order valence-electron chi connectivity index (χ1n) is 9.22. The fraction of sp³-hybridized carbons (Fsp3) is 0.273. The highest BCUT2D eigenvalue weighted by Gasteiger charge is 2.36. The van der Waals surface area contributed by atoms with Crippen molar-refractivity contribution in [3.63, 3.8) is 0 Å². The summed E-state index contributed by atoms with van der Waals surface area (Å²) in [5.74, 6) is 0.627. The molecule has 0 saturated carbocycles. The Kier molecular flexibility index (Phi) is 5.05. The summed E-state index contributed by atoms with van der Waals surface area (Å²) in [6.07, 6.45) is 0. The lowest BCUT2D eigenvalue weighted by molar-refractivity contribution is 0.0785. The number of nitrogens with two attached hydrogens (primary N) is 1. The Hall–Kier alpha value is -2.50. The molecular weight excluding hydrogens is 354 g/mol. The van der Waals surface area contributed by atoms with Gasteiger partial charge >= 0.3 is 0 Å². The van der Waals surface area contributed by atoms with Crippen molar-refractivity contribution < 1.29 is 4.79 Å². The Morgan fingerprint density at radius 1 is 1.19 bits per heavy atom. The highest BCUT2D eigenvalue weighted by atomic mass is 32.1. The van der Waals surface area contributed by atoms with Crippen LogP contribution in [0.4, 0.5) is 0 Å². The molecule has 27 heavy (non-hydrogen) atoms. The van der Waals surface area contributed by atoms with Gasteiger partial charge in [-0.15, -0.1) is 0 Å². The first-order valence-corrected chi connectivity index (χ1v) is 10.2. The van der Waals surface area contributed by atoms with E-state index < -0.39 is 0 Å². The van der Waals surface area contributed by atoms with E-state index in [2.05, 4.69) is 22.5 Å². The molecule has 0 spiro atoms. The van der Waals surface area contributed by atoms with Crippen molar-refractivity contribution in [2.45, 2.75) is 12.8 Å². The van der Waals surface area contributed by atoms with Crippen LogP contribution in [-0.2, 0) is 0 Å². The molecule has 0 unspecified atom stereocenters. The molecular formula is C22H23N3OS. The smallest absolute Gasteiger partial charge is 0.255 e. The zero-order valence-corrected chi connectivity index (χ0v) is 16.2. The van der Waals surface area contributed by atoms with Crippen LogP contribution in [0.3, 0.4) is 0 Å². The maximum Gasteiger partial charge on any atom is 0.255 e. The van der Waals surface area contributed by atoms with E-state index in [1.165, 1.54) is 5.56 Å². The van der Waals surface area contributed by atoms with Crippen molar-refractivity contribution in [2.24, 2.45) is 11.7 Å². The van der Waals surface area contributed by atoms with Crippen LogP contribution >= 0.6 is 11.3 Å². The summed E-state index contributed by atoms with van der Waals surface area (Å²) in [6, 6.07) is 16.3. The Morgan fingerprint density at radius 2 is 2.00 bits per heavy atom. The number of nitrogens with zero attached hydrogens (tertiary/aromatic N) is 2. The van der Waals surface area contributed by atoms with E-state index in [1.807, 2.05) is 53.6 Å². The molecule has 1 aliphatic rings. The van der Waals surface area contributed by atoms with E-state index in [1.54, 1.807) is 11.3 Å². The highest BCUT2D eigenvalue weighted by Crippen LogP contribution is 2.33. The number of aromatic nitrogens is 1. The Balaban J connectivity index is 1.56. The van der Waals surface area contributed by atoms with Gasteiger partial charge < -0.3 is 10.6 Å². The topological polar surface area (TPSA) is 59.2 Å². The molecule has 3 heterocycles. The van der Waals surface area contributed by atoms with Gasteiger partial charge in [-0.2, -0.15) is 11.3 Å². The summed E-state index contributed by atoms with van der Waals surface area (Å²) in [7, 11) is 0. The van der Waals surface area contributed by atoms with Crippen LogP contribution in [0.5, 0.6) is 0 Å². The van der Waals surface area contributed by atoms with E-state index >= 15 is 0 Å². The van der Waals surface area contributed by atoms with E-state index in [9.17, 15) is 4.79 Å². The van der Waals surface area contributed by atoms with Gasteiger partial charge in [0.05, 0.1) is 17.0 Å². The number of pyridine rings is 1. The fourth-order valence-electron chi connectivity index (χ4n) is 3.88. The lowest BCUT2D eigenvalue weighted by atomic mass is 9.89. The molecule has 0 bridgehead atoms. The van der Waals surface area contributed by atoms with Gasteiger partial charge in [-0.3, -0.25) is 9.78 Å². The number of carbonyl (C=O) groups excluding carboxylic acids is 1. The van der Waals surface area contributed by atoms with Crippen molar-refractivity contribution >= 4 is 17.2 Å². The number of amides is 1. The second-order valence-electron chi connectivity index (χ2n) is 7.06. The number of likely N-dealkylation sites (tertiary alicyclic amines) is 1. The summed E-state index contributed by atoms with van der Waals surface area (Å²) in [5, 5.41) is 4.10. The lowest BCUT2D eigenvalue weighted by Gasteiger charge is -2.18. The zero-order valence-electron chi connectivity index (χ0n) is 15.3. The van der Waals surface area contributed by atoms with Crippen molar-refractivity contribution in [1.29, 1.82) is 0 Å². The fourth-order valence-corrected chi connectivity index (χ4v) is 4.53. The Bertz CT molecular complexity index is 924. The van der Waals surface area contributed by atoms with Gasteiger partial charge in [-0.1, -0.05) is 30.3 Å². The number of benzene rings is 1. The standard InChI is InChI=1S/C22H23N3OS/c1-15-19(7-8-21(24-15)17-9-10-27-14-17)22(26)25-12-18(11-23)20(13-25)16-5-3-2-4-6-16/h2-10,14,18,20H,11-13,23H2,1H3/t18-,20+/m1/s1. The lowest BCUT2D eigenvalue weighted by Crippen LogP contribution is -2.30. The van der Waals surface area contributed by atoms with Gasteiger partial charge in [0.1, 0.15) is 0 Å². The minimum atomic E-state index is 0.0498. The number of aryl methyl sites for hydroxylation is 1. The largest absolute Gasteiger partial charge is 0.338 e. The third-order valence-corrected chi connectivity index (χ3v) is 6.08. The molecule has 2 aromatic heterocycles. The van der Waals surface area contributed by atoms with Crippen LogP contribution in [0.25, 0.3) is 11.3 Å². The average molecular weight is 378 g/mol. The summed E-state index contributed by atoms with van der Waals surface area (Å²) < 4.78 is 0. The van der Waals surface area contributed by atoms with Crippen LogP contribution in [0.15, 0.2) is 59.3 Å². The molecule has 0 aliphatic carbocycles. The molecule has 3 aromatic rings. The normalized spacial score (nSPS) is 19.4. The minimum absolute atomic E-state index is 0.0498. The number of rotatable bonds is 4. The summed E-state index contributed by atoms with van der Waals surface area (Å²) >= 11 is 1.65. The Labute approximate surface area is 163 Å². The van der Waals surface area contributed by atoms with E-state index in [0.717, 1.165) is 17.0 Å². The number of carbonyl (C=O) groups is 1. The maximum atomic E-state index is 13.2. The van der Waals surface area contributed by atoms with Crippen molar-refractivity contribution in [3.8, 4) is 11.3 Å². The number of hydrogen-bond acceptors (Lipinski definition) is 4. The van der Waals surface area contributed by atoms with Gasteiger partial charge in [-0.05, 0) is 48.5 Å². The van der Waals surface area contributed by atoms with Crippen molar-refractivity contribution in [3.05, 3.63) is 76.1 Å². The molecule has 1 amide bonds.